The Morgan fingerprint density at radius 2 is 1.79 bits per heavy atom. The number of fused-ring (bicyclic) bond motifs is 1. The summed E-state index contributed by atoms with van der Waals surface area (Å²) in [6, 6.07) is 17.1. The maximum Gasteiger partial charge on any atom is 0.279 e. The lowest BCUT2D eigenvalue weighted by Gasteiger charge is -2.09. The molecule has 0 unspecified atom stereocenters. The smallest absolute Gasteiger partial charge is 0.279 e. The molecule has 6 heteroatoms. The van der Waals surface area contributed by atoms with Crippen molar-refractivity contribution in [2.75, 3.05) is 6.61 Å². The van der Waals surface area contributed by atoms with Gasteiger partial charge in [0, 0.05) is 4.88 Å². The minimum atomic E-state index is -0.426. The number of ether oxygens (including phenoxy) is 1. The second kappa shape index (κ2) is 7.14. The monoisotopic (exact) mass is 340 g/mol. The summed E-state index contributed by atoms with van der Waals surface area (Å²) in [6.45, 7) is 1.74. The summed E-state index contributed by atoms with van der Waals surface area (Å²) >= 11 is 1.36. The lowest BCUT2D eigenvalue weighted by molar-refractivity contribution is -0.123. The number of aryl methyl sites for hydroxylation is 1. The molecule has 1 heterocycles. The molecule has 0 aliphatic rings. The fourth-order valence-electron chi connectivity index (χ4n) is 2.19. The Morgan fingerprint density at radius 3 is 2.54 bits per heavy atom. The Labute approximate surface area is 143 Å². The van der Waals surface area contributed by atoms with Crippen molar-refractivity contribution >= 4 is 33.9 Å². The van der Waals surface area contributed by atoms with Crippen molar-refractivity contribution < 1.29 is 14.3 Å². The largest absolute Gasteiger partial charge is 0.484 e. The van der Waals surface area contributed by atoms with Crippen LogP contribution in [0.1, 0.15) is 14.5 Å². The van der Waals surface area contributed by atoms with E-state index in [1.165, 1.54) is 11.3 Å². The van der Waals surface area contributed by atoms with Crippen LogP contribution < -0.4 is 15.6 Å². The normalized spacial score (nSPS) is 10.4. The summed E-state index contributed by atoms with van der Waals surface area (Å²) in [7, 11) is 0. The summed E-state index contributed by atoms with van der Waals surface area (Å²) in [5, 5.41) is 2.14. The highest BCUT2D eigenvalue weighted by molar-refractivity contribution is 7.13. The van der Waals surface area contributed by atoms with Crippen LogP contribution in [0.2, 0.25) is 0 Å². The van der Waals surface area contributed by atoms with Gasteiger partial charge in [-0.2, -0.15) is 0 Å². The number of thiophene rings is 1. The van der Waals surface area contributed by atoms with E-state index in [0.29, 0.717) is 10.6 Å². The summed E-state index contributed by atoms with van der Waals surface area (Å²) in [6.07, 6.45) is 0. The predicted molar refractivity (Wildman–Crippen MR) is 94.1 cm³/mol. The van der Waals surface area contributed by atoms with Gasteiger partial charge in [-0.1, -0.05) is 30.3 Å². The van der Waals surface area contributed by atoms with Gasteiger partial charge in [0.15, 0.2) is 6.61 Å². The highest BCUT2D eigenvalue weighted by atomic mass is 32.1. The topological polar surface area (TPSA) is 67.4 Å². The van der Waals surface area contributed by atoms with E-state index in [1.807, 2.05) is 55.5 Å². The van der Waals surface area contributed by atoms with E-state index < -0.39 is 5.91 Å². The Hall–Kier alpha value is -2.86. The molecule has 0 fully saturated rings. The van der Waals surface area contributed by atoms with Crippen LogP contribution in [0.15, 0.2) is 54.6 Å². The minimum absolute atomic E-state index is 0.178. The van der Waals surface area contributed by atoms with Crippen molar-refractivity contribution in [1.29, 1.82) is 0 Å². The highest BCUT2D eigenvalue weighted by Crippen LogP contribution is 2.20. The summed E-state index contributed by atoms with van der Waals surface area (Å²) in [5.41, 5.74) is 4.71. The van der Waals surface area contributed by atoms with Gasteiger partial charge in [-0.25, -0.2) is 0 Å². The molecule has 0 aliphatic carbocycles. The first kappa shape index (κ1) is 16.0. The van der Waals surface area contributed by atoms with Gasteiger partial charge in [-0.3, -0.25) is 20.4 Å². The zero-order valence-corrected chi connectivity index (χ0v) is 13.9. The van der Waals surface area contributed by atoms with Gasteiger partial charge in [0.1, 0.15) is 5.75 Å². The standard InChI is InChI=1S/C18H16N2O3S/c1-12-6-9-16(24-12)18(22)20-19-17(21)11-23-15-8-7-13-4-2-3-5-14(13)10-15/h2-10H,11H2,1H3,(H,19,21)(H,20,22). The Balaban J connectivity index is 1.50. The van der Waals surface area contributed by atoms with E-state index in [2.05, 4.69) is 10.9 Å². The first-order valence-corrected chi connectivity index (χ1v) is 8.21. The molecule has 0 radical (unpaired) electrons. The second-order valence-electron chi connectivity index (χ2n) is 5.21. The predicted octanol–water partition coefficient (Wildman–Crippen LogP) is 3.05. The van der Waals surface area contributed by atoms with Gasteiger partial charge in [0.25, 0.3) is 11.8 Å². The van der Waals surface area contributed by atoms with Gasteiger partial charge in [0.05, 0.1) is 4.88 Å². The van der Waals surface area contributed by atoms with Crippen LogP contribution >= 0.6 is 11.3 Å². The van der Waals surface area contributed by atoms with Crippen LogP contribution in [0.25, 0.3) is 10.8 Å². The molecular weight excluding hydrogens is 324 g/mol. The van der Waals surface area contributed by atoms with E-state index in [9.17, 15) is 9.59 Å². The van der Waals surface area contributed by atoms with Gasteiger partial charge in [-0.05, 0) is 42.0 Å². The fraction of sp³-hybridized carbons (Fsp3) is 0.111. The number of rotatable bonds is 4. The summed E-state index contributed by atoms with van der Waals surface area (Å²) < 4.78 is 5.46. The molecule has 0 saturated heterocycles. The molecule has 0 bridgehead atoms. The van der Waals surface area contributed by atoms with Gasteiger partial charge in [-0.15, -0.1) is 11.3 Å². The number of carbonyl (C=O) groups is 2. The maximum atomic E-state index is 11.8. The van der Waals surface area contributed by atoms with Gasteiger partial charge in [0.2, 0.25) is 0 Å². The fourth-order valence-corrected chi connectivity index (χ4v) is 2.95. The van der Waals surface area contributed by atoms with Crippen molar-refractivity contribution in [3.8, 4) is 5.75 Å². The van der Waals surface area contributed by atoms with Crippen molar-refractivity contribution in [2.45, 2.75) is 6.92 Å². The Bertz CT molecular complexity index is 889. The third kappa shape index (κ3) is 3.91. The molecule has 2 amide bonds. The van der Waals surface area contributed by atoms with Crippen LogP contribution in [0.4, 0.5) is 0 Å². The second-order valence-corrected chi connectivity index (χ2v) is 6.50. The van der Waals surface area contributed by atoms with E-state index in [0.717, 1.165) is 15.6 Å². The molecule has 2 aromatic carbocycles. The SMILES string of the molecule is Cc1ccc(C(=O)NNC(=O)COc2ccc3ccccc3c2)s1. The quantitative estimate of drug-likeness (QED) is 0.717. The molecule has 122 valence electrons. The molecule has 5 nitrogen and oxygen atoms in total. The van der Waals surface area contributed by atoms with Crippen molar-refractivity contribution in [2.24, 2.45) is 0 Å². The van der Waals surface area contributed by atoms with Crippen LogP contribution in [0, 0.1) is 6.92 Å². The number of hydrogen-bond donors (Lipinski definition) is 2. The number of nitrogens with one attached hydrogen (secondary N) is 2. The zero-order valence-electron chi connectivity index (χ0n) is 13.0. The van der Waals surface area contributed by atoms with E-state index in [1.54, 1.807) is 6.07 Å². The lowest BCUT2D eigenvalue weighted by Crippen LogP contribution is -2.43. The van der Waals surface area contributed by atoms with E-state index in [-0.39, 0.29) is 12.5 Å². The summed E-state index contributed by atoms with van der Waals surface area (Å²) in [5.74, 6) is -0.166. The van der Waals surface area contributed by atoms with E-state index in [4.69, 9.17) is 4.74 Å². The third-order valence-corrected chi connectivity index (χ3v) is 4.37. The van der Waals surface area contributed by atoms with Crippen LogP contribution in [-0.2, 0) is 4.79 Å². The molecule has 3 rings (SSSR count). The first-order chi connectivity index (χ1) is 11.6. The number of hydrazine groups is 1. The molecule has 0 atom stereocenters. The average Bonchev–Trinajstić information content (AvgIpc) is 3.04. The lowest BCUT2D eigenvalue weighted by atomic mass is 10.1. The molecule has 1 aromatic heterocycles. The number of amides is 2. The molecule has 0 aliphatic heterocycles. The molecule has 24 heavy (non-hydrogen) atoms. The number of carbonyl (C=O) groups excluding carboxylic acids is 2. The van der Waals surface area contributed by atoms with Gasteiger partial charge < -0.3 is 4.74 Å². The van der Waals surface area contributed by atoms with Crippen LogP contribution in [-0.4, -0.2) is 18.4 Å². The van der Waals surface area contributed by atoms with Crippen molar-refractivity contribution in [3.63, 3.8) is 0 Å². The van der Waals surface area contributed by atoms with Gasteiger partial charge >= 0.3 is 0 Å². The molecular formula is C18H16N2O3S. The first-order valence-electron chi connectivity index (χ1n) is 7.39. The minimum Gasteiger partial charge on any atom is -0.484 e. The number of benzene rings is 2. The maximum absolute atomic E-state index is 11.8. The van der Waals surface area contributed by atoms with Crippen molar-refractivity contribution in [3.05, 3.63) is 64.4 Å². The summed E-state index contributed by atoms with van der Waals surface area (Å²) in [4.78, 5) is 25.2. The van der Waals surface area contributed by atoms with Crippen LogP contribution in [0.3, 0.4) is 0 Å². The molecule has 0 spiro atoms. The Morgan fingerprint density at radius 1 is 1.00 bits per heavy atom. The third-order valence-electron chi connectivity index (χ3n) is 3.37. The molecule has 2 N–H and O–H groups in total. The zero-order chi connectivity index (χ0) is 16.9. The number of hydrogen-bond acceptors (Lipinski definition) is 4. The van der Waals surface area contributed by atoms with Crippen molar-refractivity contribution in [1.82, 2.24) is 10.9 Å². The van der Waals surface area contributed by atoms with Crippen LogP contribution in [0.5, 0.6) is 5.75 Å². The van der Waals surface area contributed by atoms with E-state index >= 15 is 0 Å². The average molecular weight is 340 g/mol. The Kier molecular flexibility index (Phi) is 4.77. The molecule has 0 saturated carbocycles. The highest BCUT2D eigenvalue weighted by Gasteiger charge is 2.09. The molecule has 3 aromatic rings.